The maximum Gasteiger partial charge on any atom is 0.331 e. The van der Waals surface area contributed by atoms with Crippen LogP contribution in [0.4, 0.5) is 0 Å². The predicted molar refractivity (Wildman–Crippen MR) is 157 cm³/mol. The first-order valence-corrected chi connectivity index (χ1v) is 15.1. The van der Waals surface area contributed by atoms with E-state index in [1.54, 1.807) is 12.1 Å². The molecular weight excluding hydrogens is 608 g/mol. The summed E-state index contributed by atoms with van der Waals surface area (Å²) >= 11 is 0. The molecule has 0 spiro atoms. The number of rotatable bonds is 12. The molecule has 1 saturated carbocycles. The number of esters is 3. The highest BCUT2D eigenvalue weighted by Crippen LogP contribution is 2.49. The Kier molecular flexibility index (Phi) is 11.8. The van der Waals surface area contributed by atoms with Gasteiger partial charge >= 0.3 is 17.9 Å². The molecule has 9 atom stereocenters. The minimum absolute atomic E-state index is 0.0334. The van der Waals surface area contributed by atoms with Crippen molar-refractivity contribution in [1.29, 1.82) is 0 Å². The van der Waals surface area contributed by atoms with E-state index < -0.39 is 85.6 Å². The van der Waals surface area contributed by atoms with Crippen molar-refractivity contribution in [2.24, 2.45) is 17.8 Å². The third-order valence-electron chi connectivity index (χ3n) is 8.23. The van der Waals surface area contributed by atoms with E-state index in [4.69, 9.17) is 28.4 Å². The molecule has 1 aromatic carbocycles. The van der Waals surface area contributed by atoms with Crippen LogP contribution in [0.1, 0.15) is 45.6 Å². The van der Waals surface area contributed by atoms with Crippen LogP contribution in [-0.4, -0.2) is 106 Å². The van der Waals surface area contributed by atoms with Crippen molar-refractivity contribution >= 4 is 24.0 Å². The van der Waals surface area contributed by atoms with Crippen LogP contribution >= 0.6 is 0 Å². The van der Waals surface area contributed by atoms with Crippen molar-refractivity contribution in [1.82, 2.24) is 0 Å². The zero-order chi connectivity index (χ0) is 33.6. The molecule has 254 valence electrons. The first kappa shape index (κ1) is 35.3. The molecule has 2 fully saturated rings. The van der Waals surface area contributed by atoms with Crippen molar-refractivity contribution in [2.75, 3.05) is 19.8 Å². The van der Waals surface area contributed by atoms with E-state index in [1.165, 1.54) is 24.5 Å². The van der Waals surface area contributed by atoms with Crippen LogP contribution in [0.3, 0.4) is 0 Å². The van der Waals surface area contributed by atoms with E-state index in [0.29, 0.717) is 17.6 Å². The van der Waals surface area contributed by atoms with Gasteiger partial charge in [0, 0.05) is 19.4 Å². The van der Waals surface area contributed by atoms with E-state index in [1.807, 2.05) is 13.8 Å². The molecule has 14 nitrogen and oxygen atoms in total. The normalized spacial score (nSPS) is 32.4. The number of aliphatic hydroxyl groups is 4. The van der Waals surface area contributed by atoms with Crippen molar-refractivity contribution in [2.45, 2.75) is 82.6 Å². The second-order valence-electron chi connectivity index (χ2n) is 12.1. The highest BCUT2D eigenvalue weighted by atomic mass is 16.7. The van der Waals surface area contributed by atoms with Gasteiger partial charge in [0.05, 0.1) is 37.6 Å². The van der Waals surface area contributed by atoms with Crippen molar-refractivity contribution in [3.8, 4) is 5.75 Å². The maximum atomic E-state index is 12.8. The molecule has 1 saturated heterocycles. The topological polar surface area (TPSA) is 208 Å². The van der Waals surface area contributed by atoms with Crippen molar-refractivity contribution in [3.05, 3.63) is 47.7 Å². The third-order valence-corrected chi connectivity index (χ3v) is 8.23. The summed E-state index contributed by atoms with van der Waals surface area (Å²) in [5, 5.41) is 51.8. The third kappa shape index (κ3) is 8.43. The summed E-state index contributed by atoms with van der Waals surface area (Å²) in [5.74, 6) is -3.34. The number of aromatic hydroxyl groups is 1. The lowest BCUT2D eigenvalue weighted by Gasteiger charge is -2.43. The quantitative estimate of drug-likeness (QED) is 0.121. The monoisotopic (exact) mass is 650 g/mol. The fourth-order valence-electron chi connectivity index (χ4n) is 5.99. The van der Waals surface area contributed by atoms with Crippen molar-refractivity contribution < 1.29 is 68.3 Å². The Morgan fingerprint density at radius 1 is 1.07 bits per heavy atom. The highest BCUT2D eigenvalue weighted by Gasteiger charge is 2.56. The number of benzene rings is 1. The molecule has 14 heteroatoms. The predicted octanol–water partition coefficient (Wildman–Crippen LogP) is 0.923. The van der Waals surface area contributed by atoms with E-state index in [2.05, 4.69) is 0 Å². The zero-order valence-electron chi connectivity index (χ0n) is 25.9. The molecule has 4 rings (SSSR count). The standard InChI is InChI=1S/C32H42O14/c1-17(2)12-25(38)46-30-26-22(10-11-32(26,40)16-34)20(14-41-30)15-42-31-29(27(39)28(43-18(3)35)23(13-33)44-31)45-24(37)9-6-19-4-7-21(36)8-5-19/h4-9,14,17,22-23,26-31,33-34,36,39-40H,10-13,15-16H2,1-3H3. The van der Waals surface area contributed by atoms with E-state index >= 15 is 0 Å². The van der Waals surface area contributed by atoms with Gasteiger partial charge in [0.2, 0.25) is 6.29 Å². The smallest absolute Gasteiger partial charge is 0.331 e. The molecule has 0 aromatic heterocycles. The Morgan fingerprint density at radius 2 is 1.78 bits per heavy atom. The number of phenols is 1. The summed E-state index contributed by atoms with van der Waals surface area (Å²) in [4.78, 5) is 37.0. The van der Waals surface area contributed by atoms with Gasteiger partial charge < -0.3 is 54.0 Å². The molecule has 2 aliphatic heterocycles. The Labute approximate surface area is 266 Å². The van der Waals surface area contributed by atoms with Gasteiger partial charge in [-0.3, -0.25) is 9.59 Å². The second kappa shape index (κ2) is 15.4. The van der Waals surface area contributed by atoms with E-state index in [9.17, 15) is 39.9 Å². The number of phenolic OH excluding ortho intramolecular Hbond substituents is 1. The number of carbonyl (C=O) groups excluding carboxylic acids is 3. The zero-order valence-corrected chi connectivity index (χ0v) is 25.9. The summed E-state index contributed by atoms with van der Waals surface area (Å²) in [5.41, 5.74) is -0.498. The van der Waals surface area contributed by atoms with Crippen LogP contribution in [0.25, 0.3) is 6.08 Å². The molecule has 3 aliphatic rings. The maximum absolute atomic E-state index is 12.8. The van der Waals surface area contributed by atoms with Crippen molar-refractivity contribution in [3.63, 3.8) is 0 Å². The van der Waals surface area contributed by atoms with Gasteiger partial charge in [-0.05, 0) is 54.0 Å². The van der Waals surface area contributed by atoms with E-state index in [-0.39, 0.29) is 31.1 Å². The van der Waals surface area contributed by atoms with Crippen LogP contribution in [0, 0.1) is 17.8 Å². The lowest BCUT2D eigenvalue weighted by Crippen LogP contribution is -2.61. The Bertz CT molecular complexity index is 1280. The minimum Gasteiger partial charge on any atom is -0.508 e. The van der Waals surface area contributed by atoms with Crippen LogP contribution in [0.2, 0.25) is 0 Å². The fourth-order valence-corrected chi connectivity index (χ4v) is 5.99. The molecular formula is C32H42O14. The van der Waals surface area contributed by atoms with Gasteiger partial charge in [0.15, 0.2) is 18.5 Å². The first-order chi connectivity index (χ1) is 21.8. The Balaban J connectivity index is 1.52. The van der Waals surface area contributed by atoms with Gasteiger partial charge in [-0.25, -0.2) is 4.79 Å². The molecule has 0 radical (unpaired) electrons. The lowest BCUT2D eigenvalue weighted by molar-refractivity contribution is -0.304. The van der Waals surface area contributed by atoms with Gasteiger partial charge in [0.25, 0.3) is 0 Å². The molecule has 5 N–H and O–H groups in total. The molecule has 1 aromatic rings. The number of ether oxygens (including phenoxy) is 6. The average Bonchev–Trinajstić information content (AvgIpc) is 3.36. The number of hydrogen-bond donors (Lipinski definition) is 5. The molecule has 2 heterocycles. The molecule has 9 unspecified atom stereocenters. The van der Waals surface area contributed by atoms with E-state index in [0.717, 1.165) is 13.0 Å². The van der Waals surface area contributed by atoms with Gasteiger partial charge in [-0.2, -0.15) is 0 Å². The Hall–Kier alpha value is -3.53. The lowest BCUT2D eigenvalue weighted by atomic mass is 9.81. The van der Waals surface area contributed by atoms with Crippen LogP contribution in [-0.2, 0) is 42.8 Å². The fraction of sp³-hybridized carbons (Fsp3) is 0.594. The number of fused-ring (bicyclic) bond motifs is 1. The first-order valence-electron chi connectivity index (χ1n) is 15.1. The summed E-state index contributed by atoms with van der Waals surface area (Å²) in [6, 6.07) is 6.00. The van der Waals surface area contributed by atoms with Crippen LogP contribution in [0.5, 0.6) is 5.75 Å². The van der Waals surface area contributed by atoms with Crippen LogP contribution < -0.4 is 0 Å². The summed E-state index contributed by atoms with van der Waals surface area (Å²) < 4.78 is 33.8. The molecule has 0 amide bonds. The second-order valence-corrected chi connectivity index (χ2v) is 12.1. The number of hydrogen-bond acceptors (Lipinski definition) is 14. The number of aliphatic hydroxyl groups excluding tert-OH is 3. The number of carbonyl (C=O) groups is 3. The van der Waals surface area contributed by atoms with Crippen LogP contribution in [0.15, 0.2) is 42.2 Å². The summed E-state index contributed by atoms with van der Waals surface area (Å²) in [6.45, 7) is 3.35. The summed E-state index contributed by atoms with van der Waals surface area (Å²) in [7, 11) is 0. The molecule has 1 aliphatic carbocycles. The SMILES string of the molecule is CC(=O)OC1C(CO)OC(OCC2=COC(OC(=O)CC(C)C)C3C2CCC3(O)CO)C(OC(=O)C=Cc2ccc(O)cc2)C1O. The summed E-state index contributed by atoms with van der Waals surface area (Å²) in [6.07, 6.45) is -3.81. The Morgan fingerprint density at radius 3 is 2.41 bits per heavy atom. The largest absolute Gasteiger partial charge is 0.508 e. The molecule has 46 heavy (non-hydrogen) atoms. The average molecular weight is 651 g/mol. The van der Waals surface area contributed by atoms with Gasteiger partial charge in [-0.1, -0.05) is 26.0 Å². The highest BCUT2D eigenvalue weighted by molar-refractivity contribution is 5.87. The van der Waals surface area contributed by atoms with Gasteiger partial charge in [0.1, 0.15) is 18.0 Å². The van der Waals surface area contributed by atoms with Gasteiger partial charge in [-0.15, -0.1) is 0 Å². The molecule has 0 bridgehead atoms. The minimum atomic E-state index is -1.66.